The van der Waals surface area contributed by atoms with Gasteiger partial charge >= 0.3 is 12.0 Å². The molecule has 1 heterocycles. The average molecular weight is 355 g/mol. The third-order valence-corrected chi connectivity index (χ3v) is 4.24. The number of hydrogen-bond acceptors (Lipinski definition) is 3. The van der Waals surface area contributed by atoms with E-state index in [4.69, 9.17) is 21.4 Å². The quantitative estimate of drug-likeness (QED) is 0.738. The standard InChI is InChI=1S/C17H23ClN2O4/c18-14-5-7-15(8-6-14)24-11-2-1-9-19-17(23)20-10-3-4-13(12-20)16(21)22/h5-8,13H,1-4,9-12H2,(H,19,23)(H,21,22). The number of ether oxygens (including phenoxy) is 1. The van der Waals surface area contributed by atoms with Crippen molar-refractivity contribution in [3.63, 3.8) is 0 Å². The van der Waals surface area contributed by atoms with E-state index in [9.17, 15) is 9.59 Å². The first kappa shape index (κ1) is 18.4. The van der Waals surface area contributed by atoms with Gasteiger partial charge in [-0.05, 0) is 49.9 Å². The minimum Gasteiger partial charge on any atom is -0.494 e. The van der Waals surface area contributed by atoms with Crippen LogP contribution in [0.1, 0.15) is 25.7 Å². The number of rotatable bonds is 7. The Balaban J connectivity index is 1.57. The van der Waals surface area contributed by atoms with Gasteiger partial charge in [0.1, 0.15) is 5.75 Å². The highest BCUT2D eigenvalue weighted by molar-refractivity contribution is 6.30. The molecule has 132 valence electrons. The maximum absolute atomic E-state index is 12.0. The fourth-order valence-corrected chi connectivity index (χ4v) is 2.74. The van der Waals surface area contributed by atoms with E-state index in [1.165, 1.54) is 0 Å². The molecule has 0 aromatic heterocycles. The van der Waals surface area contributed by atoms with Gasteiger partial charge < -0.3 is 20.1 Å². The molecule has 1 atom stereocenters. The second-order valence-electron chi connectivity index (χ2n) is 5.86. The highest BCUT2D eigenvalue weighted by Crippen LogP contribution is 2.17. The van der Waals surface area contributed by atoms with E-state index in [2.05, 4.69) is 5.32 Å². The molecule has 1 aliphatic rings. The van der Waals surface area contributed by atoms with Crippen molar-refractivity contribution in [3.05, 3.63) is 29.3 Å². The van der Waals surface area contributed by atoms with Gasteiger partial charge in [-0.2, -0.15) is 0 Å². The monoisotopic (exact) mass is 354 g/mol. The van der Waals surface area contributed by atoms with Crippen molar-refractivity contribution in [2.45, 2.75) is 25.7 Å². The number of amides is 2. The summed E-state index contributed by atoms with van der Waals surface area (Å²) in [7, 11) is 0. The minimum absolute atomic E-state index is 0.181. The summed E-state index contributed by atoms with van der Waals surface area (Å²) in [5.41, 5.74) is 0. The van der Waals surface area contributed by atoms with Gasteiger partial charge in [0.05, 0.1) is 12.5 Å². The van der Waals surface area contributed by atoms with Gasteiger partial charge in [-0.15, -0.1) is 0 Å². The van der Waals surface area contributed by atoms with Crippen molar-refractivity contribution in [1.29, 1.82) is 0 Å². The number of nitrogens with one attached hydrogen (secondary N) is 1. The van der Waals surface area contributed by atoms with Crippen LogP contribution in [-0.2, 0) is 4.79 Å². The zero-order chi connectivity index (χ0) is 17.4. The fourth-order valence-electron chi connectivity index (χ4n) is 2.62. The number of hydrogen-bond donors (Lipinski definition) is 2. The molecule has 0 radical (unpaired) electrons. The molecule has 0 aliphatic carbocycles. The van der Waals surface area contributed by atoms with Crippen LogP contribution in [0.3, 0.4) is 0 Å². The number of halogens is 1. The maximum atomic E-state index is 12.0. The molecule has 7 heteroatoms. The van der Waals surface area contributed by atoms with Gasteiger partial charge in [-0.3, -0.25) is 4.79 Å². The van der Waals surface area contributed by atoms with Crippen LogP contribution in [0.5, 0.6) is 5.75 Å². The SMILES string of the molecule is O=C(O)C1CCCN(C(=O)NCCCCOc2ccc(Cl)cc2)C1. The summed E-state index contributed by atoms with van der Waals surface area (Å²) in [6.07, 6.45) is 3.00. The Kier molecular flexibility index (Phi) is 7.18. The first-order valence-electron chi connectivity index (χ1n) is 8.20. The number of carboxylic acids is 1. The summed E-state index contributed by atoms with van der Waals surface area (Å²) in [6, 6.07) is 7.01. The number of carboxylic acid groups (broad SMARTS) is 1. The molecule has 1 unspecified atom stereocenters. The predicted octanol–water partition coefficient (Wildman–Crippen LogP) is 3.01. The van der Waals surface area contributed by atoms with E-state index in [-0.39, 0.29) is 6.03 Å². The number of likely N-dealkylation sites (tertiary alicyclic amines) is 1. The summed E-state index contributed by atoms with van der Waals surface area (Å²) < 4.78 is 5.58. The normalized spacial score (nSPS) is 17.4. The predicted molar refractivity (Wildman–Crippen MR) is 91.5 cm³/mol. The molecule has 2 amide bonds. The molecule has 24 heavy (non-hydrogen) atoms. The van der Waals surface area contributed by atoms with Crippen molar-refractivity contribution >= 4 is 23.6 Å². The van der Waals surface area contributed by atoms with Crippen LogP contribution in [0, 0.1) is 5.92 Å². The number of unbranched alkanes of at least 4 members (excludes halogenated alkanes) is 1. The van der Waals surface area contributed by atoms with Gasteiger partial charge in [0.2, 0.25) is 0 Å². The molecule has 2 rings (SSSR count). The molecule has 1 aromatic carbocycles. The van der Waals surface area contributed by atoms with Crippen LogP contribution in [0.4, 0.5) is 4.79 Å². The average Bonchev–Trinajstić information content (AvgIpc) is 2.59. The molecule has 1 saturated heterocycles. The molecule has 1 aromatic rings. The summed E-state index contributed by atoms with van der Waals surface area (Å²) >= 11 is 5.80. The molecule has 0 spiro atoms. The van der Waals surface area contributed by atoms with E-state index in [0.29, 0.717) is 37.7 Å². The van der Waals surface area contributed by atoms with E-state index in [0.717, 1.165) is 25.0 Å². The Labute approximate surface area is 146 Å². The lowest BCUT2D eigenvalue weighted by Crippen LogP contribution is -2.47. The van der Waals surface area contributed by atoms with Crippen molar-refractivity contribution < 1.29 is 19.4 Å². The smallest absolute Gasteiger partial charge is 0.317 e. The van der Waals surface area contributed by atoms with Crippen molar-refractivity contribution in [2.75, 3.05) is 26.2 Å². The second-order valence-corrected chi connectivity index (χ2v) is 6.30. The highest BCUT2D eigenvalue weighted by atomic mass is 35.5. The summed E-state index contributed by atoms with van der Waals surface area (Å²) in [5.74, 6) is -0.499. The van der Waals surface area contributed by atoms with Crippen LogP contribution in [-0.4, -0.2) is 48.2 Å². The topological polar surface area (TPSA) is 78.9 Å². The lowest BCUT2D eigenvalue weighted by atomic mass is 9.99. The van der Waals surface area contributed by atoms with Crippen LogP contribution in [0.2, 0.25) is 5.02 Å². The van der Waals surface area contributed by atoms with E-state index in [1.807, 2.05) is 12.1 Å². The zero-order valence-electron chi connectivity index (χ0n) is 13.5. The first-order chi connectivity index (χ1) is 11.6. The maximum Gasteiger partial charge on any atom is 0.317 e. The Morgan fingerprint density at radius 2 is 2.04 bits per heavy atom. The van der Waals surface area contributed by atoms with E-state index >= 15 is 0 Å². The fraction of sp³-hybridized carbons (Fsp3) is 0.529. The Bertz CT molecular complexity index is 550. The molecule has 1 aliphatic heterocycles. The first-order valence-corrected chi connectivity index (χ1v) is 8.58. The lowest BCUT2D eigenvalue weighted by Gasteiger charge is -2.30. The van der Waals surface area contributed by atoms with E-state index in [1.54, 1.807) is 17.0 Å². The highest BCUT2D eigenvalue weighted by Gasteiger charge is 2.27. The molecule has 0 bridgehead atoms. The number of aliphatic carboxylic acids is 1. The summed E-state index contributed by atoms with van der Waals surface area (Å²) in [4.78, 5) is 24.6. The molecule has 2 N–H and O–H groups in total. The van der Waals surface area contributed by atoms with Gasteiger partial charge in [0.25, 0.3) is 0 Å². The van der Waals surface area contributed by atoms with Crippen molar-refractivity contribution in [3.8, 4) is 5.75 Å². The molecular weight excluding hydrogens is 332 g/mol. The number of carbonyl (C=O) groups is 2. The van der Waals surface area contributed by atoms with Crippen LogP contribution in [0.25, 0.3) is 0 Å². The molecule has 0 saturated carbocycles. The molecule has 6 nitrogen and oxygen atoms in total. The number of benzene rings is 1. The zero-order valence-corrected chi connectivity index (χ0v) is 14.3. The number of carbonyl (C=O) groups excluding carboxylic acids is 1. The Morgan fingerprint density at radius 3 is 2.75 bits per heavy atom. The lowest BCUT2D eigenvalue weighted by molar-refractivity contribution is -0.143. The largest absolute Gasteiger partial charge is 0.494 e. The summed E-state index contributed by atoms with van der Waals surface area (Å²) in [5, 5.41) is 12.6. The molecule has 1 fully saturated rings. The van der Waals surface area contributed by atoms with Crippen LogP contribution >= 0.6 is 11.6 Å². The number of piperidine rings is 1. The van der Waals surface area contributed by atoms with E-state index < -0.39 is 11.9 Å². The molecular formula is C17H23ClN2O4. The Hall–Kier alpha value is -1.95. The van der Waals surface area contributed by atoms with Crippen molar-refractivity contribution in [1.82, 2.24) is 10.2 Å². The third kappa shape index (κ3) is 5.92. The van der Waals surface area contributed by atoms with Gasteiger partial charge in [0, 0.05) is 24.7 Å². The Morgan fingerprint density at radius 1 is 1.29 bits per heavy atom. The van der Waals surface area contributed by atoms with Gasteiger partial charge in [-0.25, -0.2) is 4.79 Å². The second kappa shape index (κ2) is 9.37. The van der Waals surface area contributed by atoms with Crippen LogP contribution < -0.4 is 10.1 Å². The van der Waals surface area contributed by atoms with Gasteiger partial charge in [-0.1, -0.05) is 11.6 Å². The third-order valence-electron chi connectivity index (χ3n) is 3.99. The summed E-state index contributed by atoms with van der Waals surface area (Å²) in [6.45, 7) is 2.04. The number of urea groups is 1. The number of nitrogens with zero attached hydrogens (tertiary/aromatic N) is 1. The van der Waals surface area contributed by atoms with Crippen molar-refractivity contribution in [2.24, 2.45) is 5.92 Å². The van der Waals surface area contributed by atoms with Gasteiger partial charge in [0.15, 0.2) is 0 Å². The minimum atomic E-state index is -0.827. The van der Waals surface area contributed by atoms with Crippen LogP contribution in [0.15, 0.2) is 24.3 Å².